The van der Waals surface area contributed by atoms with Crippen LogP contribution in [0, 0.1) is 5.92 Å². The number of fused-ring (bicyclic) bond motifs is 1. The van der Waals surface area contributed by atoms with Crippen molar-refractivity contribution in [2.24, 2.45) is 5.92 Å². The third-order valence-electron chi connectivity index (χ3n) is 4.32. The maximum Gasteiger partial charge on any atom is 0.167 e. The largest absolute Gasteiger partial charge is 0.360 e. The fourth-order valence-corrected chi connectivity index (χ4v) is 3.74. The van der Waals surface area contributed by atoms with Crippen molar-refractivity contribution in [3.8, 4) is 0 Å². The first kappa shape index (κ1) is 14.1. The highest BCUT2D eigenvalue weighted by molar-refractivity contribution is 7.80. The molecule has 0 amide bonds. The molecule has 1 aliphatic carbocycles. The number of benzene rings is 1. The van der Waals surface area contributed by atoms with Gasteiger partial charge in [0.2, 0.25) is 0 Å². The van der Waals surface area contributed by atoms with Crippen LogP contribution in [-0.4, -0.2) is 17.3 Å². The minimum absolute atomic E-state index is 0.241. The maximum atomic E-state index is 6.21. The normalized spacial score (nSPS) is 29.2. The third-order valence-corrected chi connectivity index (χ3v) is 4.93. The van der Waals surface area contributed by atoms with Gasteiger partial charge in [-0.1, -0.05) is 42.6 Å². The van der Waals surface area contributed by atoms with Crippen molar-refractivity contribution in [1.29, 1.82) is 0 Å². The van der Waals surface area contributed by atoms with Crippen molar-refractivity contribution in [1.82, 2.24) is 16.0 Å². The van der Waals surface area contributed by atoms with Gasteiger partial charge in [0.05, 0.1) is 6.17 Å². The molecule has 2 fully saturated rings. The summed E-state index contributed by atoms with van der Waals surface area (Å²) >= 11 is 11.5. The molecule has 0 aromatic heterocycles. The standard InChI is InChI=1S/C15H20ClN3S/c16-12-7-3-1-5-10(12)9-17-14-11-6-2-4-8-13(11)18-15(20)19-14/h1,3,5,7,11,13-14,17H,2,4,6,8-9H2,(H2,18,19,20). The zero-order chi connectivity index (χ0) is 13.9. The lowest BCUT2D eigenvalue weighted by Gasteiger charge is -2.43. The second-order valence-corrected chi connectivity index (χ2v) is 6.44. The van der Waals surface area contributed by atoms with Gasteiger partial charge in [-0.3, -0.25) is 5.32 Å². The van der Waals surface area contributed by atoms with Crippen LogP contribution in [0.1, 0.15) is 31.2 Å². The Labute approximate surface area is 130 Å². The van der Waals surface area contributed by atoms with Gasteiger partial charge in [-0.05, 0) is 36.7 Å². The fourth-order valence-electron chi connectivity index (χ4n) is 3.26. The summed E-state index contributed by atoms with van der Waals surface area (Å²) in [5.41, 5.74) is 1.13. The lowest BCUT2D eigenvalue weighted by atomic mass is 9.81. The van der Waals surface area contributed by atoms with Crippen LogP contribution in [0.25, 0.3) is 0 Å². The number of thiocarbonyl (C=S) groups is 1. The molecular weight excluding hydrogens is 290 g/mol. The van der Waals surface area contributed by atoms with E-state index in [1.54, 1.807) is 0 Å². The van der Waals surface area contributed by atoms with E-state index in [2.05, 4.69) is 22.0 Å². The Kier molecular flexibility index (Phi) is 4.44. The van der Waals surface area contributed by atoms with E-state index in [4.69, 9.17) is 23.8 Å². The summed E-state index contributed by atoms with van der Waals surface area (Å²) in [6.45, 7) is 0.767. The number of nitrogens with one attached hydrogen (secondary N) is 3. The van der Waals surface area contributed by atoms with Crippen LogP contribution in [0.3, 0.4) is 0 Å². The van der Waals surface area contributed by atoms with E-state index in [0.717, 1.165) is 22.2 Å². The van der Waals surface area contributed by atoms with Gasteiger partial charge in [0, 0.05) is 23.5 Å². The highest BCUT2D eigenvalue weighted by Crippen LogP contribution is 2.28. The Hall–Kier alpha value is -0.840. The van der Waals surface area contributed by atoms with Gasteiger partial charge in [0.25, 0.3) is 0 Å². The first-order valence-corrected chi connectivity index (χ1v) is 8.06. The van der Waals surface area contributed by atoms with E-state index in [0.29, 0.717) is 12.0 Å². The predicted octanol–water partition coefficient (Wildman–Crippen LogP) is 2.79. The van der Waals surface area contributed by atoms with Crippen molar-refractivity contribution < 1.29 is 0 Å². The Morgan fingerprint density at radius 3 is 2.85 bits per heavy atom. The quantitative estimate of drug-likeness (QED) is 0.751. The zero-order valence-corrected chi connectivity index (χ0v) is 12.9. The van der Waals surface area contributed by atoms with E-state index in [9.17, 15) is 0 Å². The molecular formula is C15H20ClN3S. The summed E-state index contributed by atoms with van der Waals surface area (Å²) in [4.78, 5) is 0. The van der Waals surface area contributed by atoms with Crippen molar-refractivity contribution in [2.45, 2.75) is 44.4 Å². The van der Waals surface area contributed by atoms with Gasteiger partial charge in [-0.2, -0.15) is 0 Å². The Morgan fingerprint density at radius 2 is 2.00 bits per heavy atom. The second kappa shape index (κ2) is 6.29. The topological polar surface area (TPSA) is 36.1 Å². The molecule has 0 bridgehead atoms. The van der Waals surface area contributed by atoms with Crippen LogP contribution >= 0.6 is 23.8 Å². The lowest BCUT2D eigenvalue weighted by molar-refractivity contribution is 0.188. The second-order valence-electron chi connectivity index (χ2n) is 5.62. The molecule has 3 unspecified atom stereocenters. The molecule has 108 valence electrons. The molecule has 20 heavy (non-hydrogen) atoms. The number of hydrogen-bond donors (Lipinski definition) is 3. The molecule has 3 N–H and O–H groups in total. The van der Waals surface area contributed by atoms with Crippen LogP contribution in [0.15, 0.2) is 24.3 Å². The first-order chi connectivity index (χ1) is 9.74. The van der Waals surface area contributed by atoms with Gasteiger partial charge in [0.15, 0.2) is 5.11 Å². The SMILES string of the molecule is S=C1NC2CCCCC2C(NCc2ccccc2Cl)N1. The summed E-state index contributed by atoms with van der Waals surface area (Å²) in [7, 11) is 0. The van der Waals surface area contributed by atoms with Crippen LogP contribution in [-0.2, 0) is 6.54 Å². The molecule has 1 aromatic rings. The van der Waals surface area contributed by atoms with E-state index >= 15 is 0 Å². The zero-order valence-electron chi connectivity index (χ0n) is 11.4. The van der Waals surface area contributed by atoms with Gasteiger partial charge in [-0.25, -0.2) is 0 Å². The molecule has 0 radical (unpaired) electrons. The van der Waals surface area contributed by atoms with Crippen LogP contribution in [0.4, 0.5) is 0 Å². The average Bonchev–Trinajstić information content (AvgIpc) is 2.46. The first-order valence-electron chi connectivity index (χ1n) is 7.28. The molecule has 1 aliphatic heterocycles. The number of hydrogen-bond acceptors (Lipinski definition) is 2. The van der Waals surface area contributed by atoms with Crippen molar-refractivity contribution >= 4 is 28.9 Å². The monoisotopic (exact) mass is 309 g/mol. The molecule has 0 spiro atoms. The molecule has 3 atom stereocenters. The van der Waals surface area contributed by atoms with Gasteiger partial charge in [0.1, 0.15) is 0 Å². The average molecular weight is 310 g/mol. The molecule has 3 rings (SSSR count). The molecule has 1 aromatic carbocycles. The molecule has 3 nitrogen and oxygen atoms in total. The van der Waals surface area contributed by atoms with E-state index in [-0.39, 0.29) is 6.17 Å². The Balaban J connectivity index is 1.66. The van der Waals surface area contributed by atoms with Crippen molar-refractivity contribution in [3.05, 3.63) is 34.9 Å². The maximum absolute atomic E-state index is 6.21. The summed E-state index contributed by atoms with van der Waals surface area (Å²) in [5.74, 6) is 0.595. The highest BCUT2D eigenvalue weighted by Gasteiger charge is 2.36. The summed E-state index contributed by atoms with van der Waals surface area (Å²) in [6, 6.07) is 8.49. The highest BCUT2D eigenvalue weighted by atomic mass is 35.5. The molecule has 5 heteroatoms. The molecule has 1 saturated carbocycles. The smallest absolute Gasteiger partial charge is 0.167 e. The molecule has 1 heterocycles. The van der Waals surface area contributed by atoms with E-state index < -0.39 is 0 Å². The fraction of sp³-hybridized carbons (Fsp3) is 0.533. The predicted molar refractivity (Wildman–Crippen MR) is 86.7 cm³/mol. The van der Waals surface area contributed by atoms with Crippen molar-refractivity contribution in [3.63, 3.8) is 0 Å². The number of halogens is 1. The van der Waals surface area contributed by atoms with Gasteiger partial charge in [-0.15, -0.1) is 0 Å². The minimum atomic E-state index is 0.241. The van der Waals surface area contributed by atoms with Crippen molar-refractivity contribution in [2.75, 3.05) is 0 Å². The molecule has 1 saturated heterocycles. The molecule has 2 aliphatic rings. The number of rotatable bonds is 3. The van der Waals surface area contributed by atoms with Crippen LogP contribution < -0.4 is 16.0 Å². The summed E-state index contributed by atoms with van der Waals surface area (Å²) < 4.78 is 0. The van der Waals surface area contributed by atoms with E-state index in [1.165, 1.54) is 25.7 Å². The van der Waals surface area contributed by atoms with Gasteiger partial charge >= 0.3 is 0 Å². The third kappa shape index (κ3) is 3.08. The minimum Gasteiger partial charge on any atom is -0.360 e. The van der Waals surface area contributed by atoms with E-state index in [1.807, 2.05) is 18.2 Å². The Bertz CT molecular complexity index is 494. The van der Waals surface area contributed by atoms with Crippen LogP contribution in [0.5, 0.6) is 0 Å². The summed E-state index contributed by atoms with van der Waals surface area (Å²) in [6.07, 6.45) is 5.31. The van der Waals surface area contributed by atoms with Crippen LogP contribution in [0.2, 0.25) is 5.02 Å². The lowest BCUT2D eigenvalue weighted by Crippen LogP contribution is -2.65. The van der Waals surface area contributed by atoms with Gasteiger partial charge < -0.3 is 10.6 Å². The summed E-state index contributed by atoms with van der Waals surface area (Å²) in [5, 5.41) is 12.0. The Morgan fingerprint density at radius 1 is 1.20 bits per heavy atom.